The number of hydrogen-bond donors (Lipinski definition) is 3. The average molecular weight is 350 g/mol. The van der Waals surface area contributed by atoms with Gasteiger partial charge in [-0.05, 0) is 49.7 Å². The van der Waals surface area contributed by atoms with Gasteiger partial charge in [0.1, 0.15) is 11.6 Å². The Bertz CT molecular complexity index is 1080. The van der Waals surface area contributed by atoms with Gasteiger partial charge in [0.25, 0.3) is 0 Å². The number of aromatic amines is 2. The van der Waals surface area contributed by atoms with Crippen molar-refractivity contribution in [1.82, 2.24) is 20.3 Å². The minimum absolute atomic E-state index is 0.133. The second-order valence-corrected chi connectivity index (χ2v) is 6.52. The smallest absolute Gasteiger partial charge is 0.225 e. The third-order valence-corrected chi connectivity index (χ3v) is 4.61. The Hall–Kier alpha value is -3.15. The normalized spacial score (nSPS) is 12.6. The van der Waals surface area contributed by atoms with Crippen LogP contribution in [0.2, 0.25) is 0 Å². The number of nitrogens with one attached hydrogen (secondary N) is 3. The summed E-state index contributed by atoms with van der Waals surface area (Å²) in [5.74, 6) is 0.265. The van der Waals surface area contributed by atoms with Gasteiger partial charge in [-0.3, -0.25) is 4.79 Å². The highest BCUT2D eigenvalue weighted by Crippen LogP contribution is 2.24. The van der Waals surface area contributed by atoms with Crippen LogP contribution in [0, 0.1) is 12.7 Å². The van der Waals surface area contributed by atoms with Gasteiger partial charge in [-0.1, -0.05) is 12.1 Å². The number of imidazole rings is 1. The molecule has 0 bridgehead atoms. The molecular formula is C20H19FN4O. The van der Waals surface area contributed by atoms with E-state index in [-0.39, 0.29) is 24.2 Å². The number of carbonyl (C=O) groups is 1. The molecule has 0 aliphatic rings. The summed E-state index contributed by atoms with van der Waals surface area (Å²) in [7, 11) is 0. The number of aryl methyl sites for hydroxylation is 1. The molecule has 4 rings (SSSR count). The van der Waals surface area contributed by atoms with Gasteiger partial charge in [-0.25, -0.2) is 9.37 Å². The Balaban J connectivity index is 1.53. The maximum Gasteiger partial charge on any atom is 0.225 e. The van der Waals surface area contributed by atoms with Crippen LogP contribution in [0.5, 0.6) is 0 Å². The van der Waals surface area contributed by atoms with Crippen LogP contribution >= 0.6 is 0 Å². The largest absolute Gasteiger partial charge is 0.358 e. The van der Waals surface area contributed by atoms with Gasteiger partial charge in [0.15, 0.2) is 0 Å². The molecule has 0 saturated heterocycles. The highest BCUT2D eigenvalue weighted by molar-refractivity contribution is 5.90. The van der Waals surface area contributed by atoms with Crippen molar-refractivity contribution in [2.45, 2.75) is 26.3 Å². The molecule has 0 aliphatic carbocycles. The maximum atomic E-state index is 13.6. The molecule has 26 heavy (non-hydrogen) atoms. The highest BCUT2D eigenvalue weighted by atomic mass is 19.1. The third-order valence-electron chi connectivity index (χ3n) is 4.61. The number of halogens is 1. The highest BCUT2D eigenvalue weighted by Gasteiger charge is 2.17. The molecule has 4 aromatic rings. The van der Waals surface area contributed by atoms with Crippen molar-refractivity contribution < 1.29 is 9.18 Å². The molecule has 2 aromatic carbocycles. The number of benzene rings is 2. The van der Waals surface area contributed by atoms with Crippen molar-refractivity contribution in [2.24, 2.45) is 0 Å². The molecule has 5 nitrogen and oxygen atoms in total. The lowest BCUT2D eigenvalue weighted by Crippen LogP contribution is -2.28. The van der Waals surface area contributed by atoms with Crippen LogP contribution in [0.1, 0.15) is 30.0 Å². The zero-order valence-electron chi connectivity index (χ0n) is 14.6. The molecule has 1 amide bonds. The summed E-state index contributed by atoms with van der Waals surface area (Å²) in [5, 5.41) is 3.71. The van der Waals surface area contributed by atoms with Gasteiger partial charge >= 0.3 is 0 Å². The van der Waals surface area contributed by atoms with Crippen LogP contribution in [0.15, 0.2) is 42.5 Å². The fraction of sp³-hybridized carbons (Fsp3) is 0.200. The molecule has 6 heteroatoms. The van der Waals surface area contributed by atoms with Crippen LogP contribution in [-0.2, 0) is 11.2 Å². The quantitative estimate of drug-likeness (QED) is 0.522. The van der Waals surface area contributed by atoms with Crippen LogP contribution in [0.4, 0.5) is 4.39 Å². The molecule has 0 radical (unpaired) electrons. The average Bonchev–Trinajstić information content (AvgIpc) is 3.17. The van der Waals surface area contributed by atoms with Crippen molar-refractivity contribution >= 4 is 27.8 Å². The predicted molar refractivity (Wildman–Crippen MR) is 99.3 cm³/mol. The van der Waals surface area contributed by atoms with Crippen LogP contribution in [-0.4, -0.2) is 20.9 Å². The molecule has 0 saturated carbocycles. The SMILES string of the molecule is Cc1[nH]c2ccc(F)cc2c1CC(=O)NC(C)c1nc2ccccc2[nH]1. The molecule has 3 N–H and O–H groups in total. The standard InChI is InChI=1S/C20H19FN4O/c1-11-14(15-9-13(21)7-8-16(15)22-11)10-19(26)23-12(2)20-24-17-5-3-4-6-18(17)25-20/h3-9,12,22H,10H2,1-2H3,(H,23,26)(H,24,25). The third kappa shape index (κ3) is 2.94. The zero-order valence-corrected chi connectivity index (χ0v) is 14.6. The van der Waals surface area contributed by atoms with Crippen molar-refractivity contribution in [3.05, 3.63) is 65.4 Å². The van der Waals surface area contributed by atoms with Crippen LogP contribution < -0.4 is 5.32 Å². The Labute approximate surface area is 149 Å². The summed E-state index contributed by atoms with van der Waals surface area (Å²) < 4.78 is 13.6. The fourth-order valence-electron chi connectivity index (χ4n) is 3.28. The van der Waals surface area contributed by atoms with Gasteiger partial charge in [0.2, 0.25) is 5.91 Å². The first kappa shape index (κ1) is 16.3. The second kappa shape index (κ2) is 6.29. The van der Waals surface area contributed by atoms with E-state index in [0.29, 0.717) is 5.82 Å². The number of fused-ring (bicyclic) bond motifs is 2. The minimum Gasteiger partial charge on any atom is -0.358 e. The summed E-state index contributed by atoms with van der Waals surface area (Å²) in [5.41, 5.74) is 4.32. The number of amides is 1. The molecule has 0 fully saturated rings. The number of aromatic nitrogens is 3. The van der Waals surface area contributed by atoms with Crippen molar-refractivity contribution in [3.63, 3.8) is 0 Å². The number of nitrogens with zero attached hydrogens (tertiary/aromatic N) is 1. The van der Waals surface area contributed by atoms with E-state index in [0.717, 1.165) is 33.2 Å². The first-order chi connectivity index (χ1) is 12.5. The molecule has 2 aromatic heterocycles. The lowest BCUT2D eigenvalue weighted by molar-refractivity contribution is -0.121. The molecule has 0 spiro atoms. The summed E-state index contributed by atoms with van der Waals surface area (Å²) >= 11 is 0. The van der Waals surface area contributed by atoms with E-state index in [1.54, 1.807) is 6.07 Å². The van der Waals surface area contributed by atoms with E-state index in [1.807, 2.05) is 38.1 Å². The van der Waals surface area contributed by atoms with E-state index in [1.165, 1.54) is 12.1 Å². The van der Waals surface area contributed by atoms with Crippen molar-refractivity contribution in [1.29, 1.82) is 0 Å². The lowest BCUT2D eigenvalue weighted by Gasteiger charge is -2.11. The van der Waals surface area contributed by atoms with Gasteiger partial charge in [0.05, 0.1) is 23.5 Å². The molecule has 132 valence electrons. The number of hydrogen-bond acceptors (Lipinski definition) is 2. The minimum atomic E-state index is -0.311. The lowest BCUT2D eigenvalue weighted by atomic mass is 10.1. The zero-order chi connectivity index (χ0) is 18.3. The number of carbonyl (C=O) groups excluding carboxylic acids is 1. The van der Waals surface area contributed by atoms with Gasteiger partial charge in [-0.15, -0.1) is 0 Å². The van der Waals surface area contributed by atoms with Crippen molar-refractivity contribution in [3.8, 4) is 0 Å². The predicted octanol–water partition coefficient (Wildman–Crippen LogP) is 3.91. The molecular weight excluding hydrogens is 331 g/mol. The van der Waals surface area contributed by atoms with E-state index in [9.17, 15) is 9.18 Å². The van der Waals surface area contributed by atoms with Gasteiger partial charge < -0.3 is 15.3 Å². The first-order valence-corrected chi connectivity index (χ1v) is 8.52. The van der Waals surface area contributed by atoms with E-state index < -0.39 is 0 Å². The first-order valence-electron chi connectivity index (χ1n) is 8.52. The monoisotopic (exact) mass is 350 g/mol. The van der Waals surface area contributed by atoms with Gasteiger partial charge in [0, 0.05) is 16.6 Å². The Kier molecular flexibility index (Phi) is 3.95. The molecule has 1 atom stereocenters. The fourth-order valence-corrected chi connectivity index (χ4v) is 3.28. The number of para-hydroxylation sites is 2. The summed E-state index contributed by atoms with van der Waals surface area (Å²) in [6, 6.07) is 12.0. The van der Waals surface area contributed by atoms with Crippen molar-refractivity contribution in [2.75, 3.05) is 0 Å². The van der Waals surface area contributed by atoms with Crippen LogP contribution in [0.3, 0.4) is 0 Å². The van der Waals surface area contributed by atoms with E-state index >= 15 is 0 Å². The number of H-pyrrole nitrogens is 2. The Morgan fingerprint density at radius 3 is 2.81 bits per heavy atom. The Morgan fingerprint density at radius 1 is 1.19 bits per heavy atom. The molecule has 0 aliphatic heterocycles. The van der Waals surface area contributed by atoms with Gasteiger partial charge in [-0.2, -0.15) is 0 Å². The van der Waals surface area contributed by atoms with E-state index in [4.69, 9.17) is 0 Å². The number of rotatable bonds is 4. The van der Waals surface area contributed by atoms with Crippen LogP contribution in [0.25, 0.3) is 21.9 Å². The topological polar surface area (TPSA) is 73.6 Å². The maximum absolute atomic E-state index is 13.6. The van der Waals surface area contributed by atoms with E-state index in [2.05, 4.69) is 20.3 Å². The molecule has 2 heterocycles. The summed E-state index contributed by atoms with van der Waals surface area (Å²) in [6.07, 6.45) is 0.180. The summed E-state index contributed by atoms with van der Waals surface area (Å²) in [6.45, 7) is 3.78. The molecule has 1 unspecified atom stereocenters. The Morgan fingerprint density at radius 2 is 2.00 bits per heavy atom. The second-order valence-electron chi connectivity index (χ2n) is 6.52. The summed E-state index contributed by atoms with van der Waals surface area (Å²) in [4.78, 5) is 23.5.